The smallest absolute Gasteiger partial charge is 0.338 e. The fourth-order valence-corrected chi connectivity index (χ4v) is 4.46. The summed E-state index contributed by atoms with van der Waals surface area (Å²) in [5.74, 6) is -1.20. The van der Waals surface area contributed by atoms with Crippen molar-refractivity contribution in [3.63, 3.8) is 0 Å². The van der Waals surface area contributed by atoms with Crippen LogP contribution in [-0.4, -0.2) is 62.3 Å². The number of rotatable bonds is 5. The highest BCUT2D eigenvalue weighted by Crippen LogP contribution is 2.19. The Morgan fingerprint density at radius 3 is 2.03 bits per heavy atom. The van der Waals surface area contributed by atoms with Gasteiger partial charge in [-0.2, -0.15) is 4.31 Å². The summed E-state index contributed by atoms with van der Waals surface area (Å²) >= 11 is 0. The molecule has 154 valence electrons. The highest BCUT2D eigenvalue weighted by atomic mass is 32.2. The second-order valence-corrected chi connectivity index (χ2v) is 8.39. The molecule has 0 N–H and O–H groups in total. The van der Waals surface area contributed by atoms with Crippen molar-refractivity contribution in [3.8, 4) is 0 Å². The first-order valence-electron chi connectivity index (χ1n) is 9.15. The Morgan fingerprint density at radius 2 is 1.48 bits per heavy atom. The number of carbonyl (C=O) groups is 2. The van der Waals surface area contributed by atoms with Crippen molar-refractivity contribution in [1.29, 1.82) is 0 Å². The molecule has 0 unspecified atom stereocenters. The molecule has 1 amide bonds. The van der Waals surface area contributed by atoms with Crippen molar-refractivity contribution in [3.05, 3.63) is 65.5 Å². The van der Waals surface area contributed by atoms with Gasteiger partial charge in [-0.3, -0.25) is 4.79 Å². The van der Waals surface area contributed by atoms with Crippen LogP contribution < -0.4 is 0 Å². The molecule has 9 heteroatoms. The number of carbonyl (C=O) groups excluding carboxylic acids is 2. The molecule has 1 heterocycles. The van der Waals surface area contributed by atoms with Crippen molar-refractivity contribution >= 4 is 21.9 Å². The van der Waals surface area contributed by atoms with Gasteiger partial charge in [0.05, 0.1) is 17.1 Å². The van der Waals surface area contributed by atoms with E-state index in [2.05, 4.69) is 0 Å². The summed E-state index contributed by atoms with van der Waals surface area (Å²) in [4.78, 5) is 25.8. The summed E-state index contributed by atoms with van der Waals surface area (Å²) in [5.41, 5.74) is 0.637. The average Bonchev–Trinajstić information content (AvgIpc) is 2.74. The van der Waals surface area contributed by atoms with Gasteiger partial charge in [0.1, 0.15) is 5.82 Å². The molecule has 0 aromatic heterocycles. The van der Waals surface area contributed by atoms with E-state index in [1.54, 1.807) is 11.8 Å². The van der Waals surface area contributed by atoms with Crippen LogP contribution in [-0.2, 0) is 14.8 Å². The number of hydrogen-bond acceptors (Lipinski definition) is 5. The summed E-state index contributed by atoms with van der Waals surface area (Å²) in [6, 6.07) is 10.8. The maximum atomic E-state index is 13.0. The fraction of sp³-hybridized carbons (Fsp3) is 0.300. The van der Waals surface area contributed by atoms with E-state index >= 15 is 0 Å². The van der Waals surface area contributed by atoms with E-state index in [1.807, 2.05) is 0 Å². The minimum atomic E-state index is -3.74. The second-order valence-electron chi connectivity index (χ2n) is 6.45. The van der Waals surface area contributed by atoms with Crippen molar-refractivity contribution in [2.24, 2.45) is 0 Å². The van der Waals surface area contributed by atoms with Crippen LogP contribution in [0.15, 0.2) is 53.4 Å². The Labute approximate surface area is 168 Å². The lowest BCUT2D eigenvalue weighted by Gasteiger charge is -2.34. The molecule has 2 aromatic carbocycles. The minimum Gasteiger partial charge on any atom is -0.462 e. The zero-order chi connectivity index (χ0) is 21.0. The highest BCUT2D eigenvalue weighted by molar-refractivity contribution is 7.89. The number of esters is 1. The maximum Gasteiger partial charge on any atom is 0.338 e. The minimum absolute atomic E-state index is 0.0730. The summed E-state index contributed by atoms with van der Waals surface area (Å²) in [5, 5.41) is 0. The summed E-state index contributed by atoms with van der Waals surface area (Å²) < 4.78 is 44.9. The van der Waals surface area contributed by atoms with Gasteiger partial charge in [0.15, 0.2) is 0 Å². The molecule has 0 spiro atoms. The first-order chi connectivity index (χ1) is 13.8. The maximum absolute atomic E-state index is 13.0. The third kappa shape index (κ3) is 4.63. The first-order valence-corrected chi connectivity index (χ1v) is 10.6. The molecule has 7 nitrogen and oxygen atoms in total. The predicted octanol–water partition coefficient (Wildman–Crippen LogP) is 2.15. The lowest BCUT2D eigenvalue weighted by molar-refractivity contribution is 0.0526. The molecule has 1 aliphatic rings. The lowest BCUT2D eigenvalue weighted by atomic mass is 10.2. The van der Waals surface area contributed by atoms with Gasteiger partial charge in [-0.25, -0.2) is 17.6 Å². The Balaban J connectivity index is 1.65. The zero-order valence-electron chi connectivity index (χ0n) is 15.9. The van der Waals surface area contributed by atoms with Crippen LogP contribution in [0.2, 0.25) is 0 Å². The highest BCUT2D eigenvalue weighted by Gasteiger charge is 2.30. The van der Waals surface area contributed by atoms with Crippen LogP contribution >= 0.6 is 0 Å². The number of ether oxygens (including phenoxy) is 1. The van der Waals surface area contributed by atoms with Crippen LogP contribution in [0, 0.1) is 5.82 Å². The van der Waals surface area contributed by atoms with E-state index in [0.717, 1.165) is 0 Å². The van der Waals surface area contributed by atoms with E-state index in [9.17, 15) is 22.4 Å². The Kier molecular flexibility index (Phi) is 6.29. The Morgan fingerprint density at radius 1 is 0.931 bits per heavy atom. The fourth-order valence-electron chi connectivity index (χ4n) is 3.03. The number of halogens is 1. The normalized spacial score (nSPS) is 15.2. The van der Waals surface area contributed by atoms with Gasteiger partial charge < -0.3 is 9.64 Å². The van der Waals surface area contributed by atoms with Crippen molar-refractivity contribution in [2.45, 2.75) is 11.8 Å². The SMILES string of the molecule is CCOC(=O)c1ccc(S(=O)(=O)N2CCN(C(=O)c3ccc(F)cc3)CC2)cc1. The van der Waals surface area contributed by atoms with Gasteiger partial charge in [0.25, 0.3) is 5.91 Å². The van der Waals surface area contributed by atoms with Crippen LogP contribution in [0.5, 0.6) is 0 Å². The molecule has 0 atom stereocenters. The standard InChI is InChI=1S/C20H21FN2O5S/c1-2-28-20(25)16-5-9-18(10-6-16)29(26,27)23-13-11-22(12-14-23)19(24)15-3-7-17(21)8-4-15/h3-10H,2,11-14H2,1H3. The average molecular weight is 420 g/mol. The Hall–Kier alpha value is -2.78. The van der Waals surface area contributed by atoms with Crippen LogP contribution in [0.1, 0.15) is 27.6 Å². The van der Waals surface area contributed by atoms with Gasteiger partial charge in [-0.05, 0) is 55.5 Å². The van der Waals surface area contributed by atoms with Gasteiger partial charge in [-0.15, -0.1) is 0 Å². The summed E-state index contributed by atoms with van der Waals surface area (Å²) in [6.45, 7) is 2.69. The van der Waals surface area contributed by atoms with E-state index in [-0.39, 0.29) is 49.2 Å². The molecular formula is C20H21FN2O5S. The van der Waals surface area contributed by atoms with E-state index in [1.165, 1.54) is 52.8 Å². The quantitative estimate of drug-likeness (QED) is 0.692. The van der Waals surface area contributed by atoms with Gasteiger partial charge in [0.2, 0.25) is 10.0 Å². The number of piperazine rings is 1. The molecule has 1 fully saturated rings. The third-order valence-electron chi connectivity index (χ3n) is 4.62. The van der Waals surface area contributed by atoms with Crippen LogP contribution in [0.4, 0.5) is 4.39 Å². The van der Waals surface area contributed by atoms with Gasteiger partial charge in [-0.1, -0.05) is 0 Å². The first kappa shape index (κ1) is 20.9. The lowest BCUT2D eigenvalue weighted by Crippen LogP contribution is -2.50. The molecule has 3 rings (SSSR count). The van der Waals surface area contributed by atoms with Crippen molar-refractivity contribution in [2.75, 3.05) is 32.8 Å². The molecule has 1 saturated heterocycles. The molecule has 0 radical (unpaired) electrons. The van der Waals surface area contributed by atoms with Gasteiger partial charge in [0, 0.05) is 31.7 Å². The molecule has 2 aromatic rings. The summed E-state index contributed by atoms with van der Waals surface area (Å²) in [6.07, 6.45) is 0. The largest absolute Gasteiger partial charge is 0.462 e. The number of sulfonamides is 1. The van der Waals surface area contributed by atoms with E-state index in [4.69, 9.17) is 4.74 Å². The number of amides is 1. The van der Waals surface area contributed by atoms with Gasteiger partial charge >= 0.3 is 5.97 Å². The number of benzene rings is 2. The zero-order valence-corrected chi connectivity index (χ0v) is 16.7. The van der Waals surface area contributed by atoms with Crippen LogP contribution in [0.3, 0.4) is 0 Å². The molecule has 0 bridgehead atoms. The van der Waals surface area contributed by atoms with Crippen molar-refractivity contribution < 1.29 is 27.1 Å². The monoisotopic (exact) mass is 420 g/mol. The van der Waals surface area contributed by atoms with Crippen molar-refractivity contribution in [1.82, 2.24) is 9.21 Å². The predicted molar refractivity (Wildman–Crippen MR) is 103 cm³/mol. The summed E-state index contributed by atoms with van der Waals surface area (Å²) in [7, 11) is -3.74. The molecule has 29 heavy (non-hydrogen) atoms. The van der Waals surface area contributed by atoms with Crippen LogP contribution in [0.25, 0.3) is 0 Å². The molecular weight excluding hydrogens is 399 g/mol. The molecule has 1 aliphatic heterocycles. The Bertz CT molecular complexity index is 983. The van der Waals surface area contributed by atoms with E-state index < -0.39 is 21.8 Å². The topological polar surface area (TPSA) is 84.0 Å². The third-order valence-corrected chi connectivity index (χ3v) is 6.53. The second kappa shape index (κ2) is 8.71. The number of hydrogen-bond donors (Lipinski definition) is 0. The van der Waals surface area contributed by atoms with E-state index in [0.29, 0.717) is 5.56 Å². The molecule has 0 aliphatic carbocycles. The molecule has 0 saturated carbocycles. The number of nitrogens with zero attached hydrogens (tertiary/aromatic N) is 2.